The van der Waals surface area contributed by atoms with Crippen molar-refractivity contribution in [2.75, 3.05) is 43.1 Å². The van der Waals surface area contributed by atoms with Crippen LogP contribution in [0.1, 0.15) is 19.4 Å². The molecule has 1 aromatic rings. The number of methoxy groups -OCH3 is 1. The van der Waals surface area contributed by atoms with Crippen molar-refractivity contribution in [3.63, 3.8) is 0 Å². The Bertz CT molecular complexity index is 676. The molecule has 1 aromatic carbocycles. The first kappa shape index (κ1) is 16.7. The number of amides is 1. The van der Waals surface area contributed by atoms with Gasteiger partial charge in [0.15, 0.2) is 0 Å². The molecule has 0 bridgehead atoms. The first-order valence-electron chi connectivity index (χ1n) is 7.69. The predicted octanol–water partition coefficient (Wildman–Crippen LogP) is 1.75. The first-order chi connectivity index (χ1) is 11.0. The van der Waals surface area contributed by atoms with Crippen LogP contribution in [0, 0.1) is 11.3 Å². The zero-order valence-electron chi connectivity index (χ0n) is 13.8. The average Bonchev–Trinajstić information content (AvgIpc) is 2.57. The molecule has 6 heteroatoms. The van der Waals surface area contributed by atoms with Crippen LogP contribution in [0.15, 0.2) is 17.7 Å². The second-order valence-electron chi connectivity index (χ2n) is 5.28. The normalized spacial score (nSPS) is 14.3. The molecule has 0 spiro atoms. The van der Waals surface area contributed by atoms with E-state index in [-0.39, 0.29) is 5.57 Å². The number of nitrogens with zero attached hydrogens (tertiary/aromatic N) is 3. The highest BCUT2D eigenvalue weighted by Gasteiger charge is 2.23. The summed E-state index contributed by atoms with van der Waals surface area (Å²) >= 11 is 0. The van der Waals surface area contributed by atoms with E-state index in [0.29, 0.717) is 11.3 Å². The lowest BCUT2D eigenvalue weighted by Crippen LogP contribution is -2.41. The standard InChI is InChI=1S/C17H22N4O2/c1-4-20-6-7-21(5-2)15-10-16(23-3)12(9-14(15)20)8-13(11-18)17(19)22/h8-10H,4-7H2,1-3H3,(H2,19,22)/b13-8+. The highest BCUT2D eigenvalue weighted by molar-refractivity contribution is 6.01. The van der Waals surface area contributed by atoms with Gasteiger partial charge >= 0.3 is 0 Å². The van der Waals surface area contributed by atoms with Gasteiger partial charge < -0.3 is 20.3 Å². The Morgan fingerprint density at radius 3 is 2.30 bits per heavy atom. The number of hydrogen-bond donors (Lipinski definition) is 1. The van der Waals surface area contributed by atoms with Gasteiger partial charge in [-0.3, -0.25) is 4.79 Å². The van der Waals surface area contributed by atoms with Crippen LogP contribution in [0.3, 0.4) is 0 Å². The Morgan fingerprint density at radius 2 is 1.87 bits per heavy atom. The largest absolute Gasteiger partial charge is 0.496 e. The molecule has 23 heavy (non-hydrogen) atoms. The minimum Gasteiger partial charge on any atom is -0.496 e. The quantitative estimate of drug-likeness (QED) is 0.661. The van der Waals surface area contributed by atoms with Crippen molar-refractivity contribution in [1.29, 1.82) is 5.26 Å². The lowest BCUT2D eigenvalue weighted by atomic mass is 10.0. The Hall–Kier alpha value is -2.68. The van der Waals surface area contributed by atoms with Gasteiger partial charge in [-0.15, -0.1) is 0 Å². The SMILES string of the molecule is CCN1CCN(CC)c2cc(OC)c(/C=C(\C#N)C(N)=O)cc21. The monoisotopic (exact) mass is 314 g/mol. The van der Waals surface area contributed by atoms with Crippen molar-refractivity contribution in [1.82, 2.24) is 0 Å². The third kappa shape index (κ3) is 3.24. The second-order valence-corrected chi connectivity index (χ2v) is 5.28. The van der Waals surface area contributed by atoms with Crippen LogP contribution in [0.5, 0.6) is 5.75 Å². The van der Waals surface area contributed by atoms with E-state index >= 15 is 0 Å². The van der Waals surface area contributed by atoms with Gasteiger partial charge in [-0.05, 0) is 26.0 Å². The Morgan fingerprint density at radius 1 is 1.30 bits per heavy atom. The highest BCUT2D eigenvalue weighted by atomic mass is 16.5. The molecule has 0 unspecified atom stereocenters. The molecular formula is C17H22N4O2. The molecule has 0 saturated heterocycles. The van der Waals surface area contributed by atoms with Crippen molar-refractivity contribution >= 4 is 23.4 Å². The molecule has 1 amide bonds. The Labute approximate surface area is 136 Å². The Kier molecular flexibility index (Phi) is 5.12. The van der Waals surface area contributed by atoms with E-state index < -0.39 is 5.91 Å². The van der Waals surface area contributed by atoms with Gasteiger partial charge in [0.1, 0.15) is 17.4 Å². The van der Waals surface area contributed by atoms with Gasteiger partial charge in [0.2, 0.25) is 0 Å². The van der Waals surface area contributed by atoms with E-state index in [1.165, 1.54) is 6.08 Å². The summed E-state index contributed by atoms with van der Waals surface area (Å²) in [6.45, 7) is 7.92. The molecule has 0 radical (unpaired) electrons. The van der Waals surface area contributed by atoms with Crippen molar-refractivity contribution in [2.45, 2.75) is 13.8 Å². The zero-order valence-corrected chi connectivity index (χ0v) is 13.8. The maximum Gasteiger partial charge on any atom is 0.259 e. The molecule has 6 nitrogen and oxygen atoms in total. The van der Waals surface area contributed by atoms with Crippen molar-refractivity contribution in [3.8, 4) is 11.8 Å². The topological polar surface area (TPSA) is 82.6 Å². The van der Waals surface area contributed by atoms with Crippen LogP contribution in [0.4, 0.5) is 11.4 Å². The van der Waals surface area contributed by atoms with E-state index in [4.69, 9.17) is 15.7 Å². The molecule has 1 aliphatic heterocycles. The fourth-order valence-electron chi connectivity index (χ4n) is 2.82. The number of carbonyl (C=O) groups is 1. The van der Waals surface area contributed by atoms with Crippen LogP contribution < -0.4 is 20.3 Å². The minimum atomic E-state index is -0.741. The molecule has 0 atom stereocenters. The highest BCUT2D eigenvalue weighted by Crippen LogP contribution is 2.39. The molecule has 0 saturated carbocycles. The van der Waals surface area contributed by atoms with Gasteiger partial charge in [-0.25, -0.2) is 0 Å². The fourth-order valence-corrected chi connectivity index (χ4v) is 2.82. The summed E-state index contributed by atoms with van der Waals surface area (Å²) in [7, 11) is 1.58. The number of hydrogen-bond acceptors (Lipinski definition) is 5. The summed E-state index contributed by atoms with van der Waals surface area (Å²) in [6.07, 6.45) is 1.49. The predicted molar refractivity (Wildman–Crippen MR) is 91.6 cm³/mol. The van der Waals surface area contributed by atoms with Crippen LogP contribution in [-0.2, 0) is 4.79 Å². The summed E-state index contributed by atoms with van der Waals surface area (Å²) in [5.74, 6) is -0.121. The third-order valence-electron chi connectivity index (χ3n) is 4.10. The molecule has 0 aliphatic carbocycles. The summed E-state index contributed by atoms with van der Waals surface area (Å²) in [5.41, 5.74) is 8.00. The third-order valence-corrected chi connectivity index (χ3v) is 4.10. The van der Waals surface area contributed by atoms with Crippen LogP contribution >= 0.6 is 0 Å². The first-order valence-corrected chi connectivity index (χ1v) is 7.69. The van der Waals surface area contributed by atoms with Gasteiger partial charge in [0, 0.05) is 37.8 Å². The fraction of sp³-hybridized carbons (Fsp3) is 0.412. The number of carbonyl (C=O) groups excluding carboxylic acids is 1. The number of likely N-dealkylation sites (N-methyl/N-ethyl adjacent to an activating group) is 2. The van der Waals surface area contributed by atoms with Gasteiger partial charge in [-0.1, -0.05) is 0 Å². The minimum absolute atomic E-state index is 0.0885. The maximum atomic E-state index is 11.3. The van der Waals surface area contributed by atoms with Crippen LogP contribution in [0.25, 0.3) is 6.08 Å². The van der Waals surface area contributed by atoms with Crippen molar-refractivity contribution in [2.24, 2.45) is 5.73 Å². The number of fused-ring (bicyclic) bond motifs is 1. The van der Waals surface area contributed by atoms with E-state index in [0.717, 1.165) is 37.6 Å². The number of primary amides is 1. The summed E-state index contributed by atoms with van der Waals surface area (Å²) in [4.78, 5) is 15.9. The van der Waals surface area contributed by atoms with Crippen LogP contribution in [-0.4, -0.2) is 39.2 Å². The van der Waals surface area contributed by atoms with E-state index in [2.05, 4.69) is 23.6 Å². The number of ether oxygens (including phenoxy) is 1. The number of benzene rings is 1. The van der Waals surface area contributed by atoms with Crippen LogP contribution in [0.2, 0.25) is 0 Å². The van der Waals surface area contributed by atoms with Crippen molar-refractivity contribution in [3.05, 3.63) is 23.3 Å². The smallest absolute Gasteiger partial charge is 0.259 e. The molecule has 2 rings (SSSR count). The number of rotatable bonds is 5. The number of anilines is 2. The molecule has 1 aliphatic rings. The summed E-state index contributed by atoms with van der Waals surface area (Å²) in [6, 6.07) is 5.75. The lowest BCUT2D eigenvalue weighted by Gasteiger charge is -2.38. The van der Waals surface area contributed by atoms with Gasteiger partial charge in [0.25, 0.3) is 5.91 Å². The second kappa shape index (κ2) is 7.05. The Balaban J connectivity index is 2.62. The number of nitriles is 1. The molecular weight excluding hydrogens is 292 g/mol. The molecule has 0 aromatic heterocycles. The number of nitrogens with two attached hydrogens (primary N) is 1. The molecule has 122 valence electrons. The van der Waals surface area contributed by atoms with Gasteiger partial charge in [-0.2, -0.15) is 5.26 Å². The molecule has 2 N–H and O–H groups in total. The maximum absolute atomic E-state index is 11.3. The van der Waals surface area contributed by atoms with E-state index in [1.54, 1.807) is 7.11 Å². The van der Waals surface area contributed by atoms with E-state index in [9.17, 15) is 4.79 Å². The lowest BCUT2D eigenvalue weighted by molar-refractivity contribution is -0.114. The average molecular weight is 314 g/mol. The van der Waals surface area contributed by atoms with E-state index in [1.807, 2.05) is 18.2 Å². The summed E-state index contributed by atoms with van der Waals surface area (Å²) in [5, 5.41) is 9.06. The van der Waals surface area contributed by atoms with Crippen molar-refractivity contribution < 1.29 is 9.53 Å². The van der Waals surface area contributed by atoms with Gasteiger partial charge in [0.05, 0.1) is 18.5 Å². The zero-order chi connectivity index (χ0) is 17.0. The molecule has 1 heterocycles. The molecule has 0 fully saturated rings. The summed E-state index contributed by atoms with van der Waals surface area (Å²) < 4.78 is 5.45.